The van der Waals surface area contributed by atoms with Gasteiger partial charge in [0, 0.05) is 13.0 Å². The van der Waals surface area contributed by atoms with Crippen LogP contribution in [-0.4, -0.2) is 36.2 Å². The minimum absolute atomic E-state index is 0.0196. The topological polar surface area (TPSA) is 75.6 Å². The highest BCUT2D eigenvalue weighted by Crippen LogP contribution is 2.47. The Morgan fingerprint density at radius 3 is 2.57 bits per heavy atom. The van der Waals surface area contributed by atoms with E-state index in [0.29, 0.717) is 6.42 Å². The van der Waals surface area contributed by atoms with E-state index in [1.165, 1.54) is 26.2 Å². The summed E-state index contributed by atoms with van der Waals surface area (Å²) in [4.78, 5) is 23.4. The molecule has 1 fully saturated rings. The van der Waals surface area contributed by atoms with Gasteiger partial charge in [-0.1, -0.05) is 12.1 Å². The molecule has 0 spiro atoms. The molecular formula is C15H18FNO4. The van der Waals surface area contributed by atoms with Crippen molar-refractivity contribution < 1.29 is 23.8 Å². The Morgan fingerprint density at radius 1 is 1.43 bits per heavy atom. The molecule has 0 aromatic heterocycles. The predicted octanol–water partition coefficient (Wildman–Crippen LogP) is 1.54. The summed E-state index contributed by atoms with van der Waals surface area (Å²) in [5.74, 6) is -2.03. The highest BCUT2D eigenvalue weighted by atomic mass is 19.1. The monoisotopic (exact) mass is 295 g/mol. The first-order chi connectivity index (χ1) is 9.87. The number of carbonyl (C=O) groups is 2. The van der Waals surface area contributed by atoms with E-state index in [9.17, 15) is 19.1 Å². The van der Waals surface area contributed by atoms with E-state index in [0.717, 1.165) is 5.56 Å². The van der Waals surface area contributed by atoms with Gasteiger partial charge in [0.1, 0.15) is 5.82 Å². The van der Waals surface area contributed by atoms with E-state index in [1.54, 1.807) is 12.1 Å². The number of carboxylic acid groups (broad SMARTS) is 1. The molecule has 0 aliphatic heterocycles. The molecule has 1 aliphatic rings. The molecule has 3 atom stereocenters. The van der Waals surface area contributed by atoms with Gasteiger partial charge in [0.2, 0.25) is 5.91 Å². The zero-order valence-corrected chi connectivity index (χ0v) is 11.9. The average Bonchev–Trinajstić information content (AvgIpc) is 3.20. The maximum absolute atomic E-state index is 12.9. The Balaban J connectivity index is 1.99. The molecule has 0 radical (unpaired) electrons. The smallest absolute Gasteiger partial charge is 0.331 e. The van der Waals surface area contributed by atoms with Crippen molar-refractivity contribution in [1.29, 1.82) is 0 Å². The molecule has 0 heterocycles. The van der Waals surface area contributed by atoms with Gasteiger partial charge < -0.3 is 15.2 Å². The number of amides is 1. The minimum Gasteiger partial charge on any atom is -0.479 e. The maximum Gasteiger partial charge on any atom is 0.331 e. The van der Waals surface area contributed by atoms with Crippen molar-refractivity contribution in [3.05, 3.63) is 35.6 Å². The van der Waals surface area contributed by atoms with E-state index in [-0.39, 0.29) is 30.2 Å². The Hall–Kier alpha value is -1.95. The fourth-order valence-electron chi connectivity index (χ4n) is 2.37. The van der Waals surface area contributed by atoms with Crippen molar-refractivity contribution in [3.63, 3.8) is 0 Å². The molecular weight excluding hydrogens is 277 g/mol. The molecule has 114 valence electrons. The van der Waals surface area contributed by atoms with Crippen LogP contribution >= 0.6 is 0 Å². The van der Waals surface area contributed by atoms with Gasteiger partial charge in [0.15, 0.2) is 5.54 Å². The number of hydrogen-bond acceptors (Lipinski definition) is 3. The number of methoxy groups -OCH3 is 1. The van der Waals surface area contributed by atoms with Gasteiger partial charge in [-0.2, -0.15) is 0 Å². The molecule has 5 nitrogen and oxygen atoms in total. The van der Waals surface area contributed by atoms with Crippen molar-refractivity contribution in [2.45, 2.75) is 24.8 Å². The van der Waals surface area contributed by atoms with Crippen LogP contribution < -0.4 is 5.32 Å². The summed E-state index contributed by atoms with van der Waals surface area (Å²) in [7, 11) is 1.38. The number of aliphatic carboxylic acids is 1. The van der Waals surface area contributed by atoms with E-state index in [2.05, 4.69) is 5.32 Å². The zero-order chi connectivity index (χ0) is 15.6. The summed E-state index contributed by atoms with van der Waals surface area (Å²) in [6, 6.07) is 6.02. The lowest BCUT2D eigenvalue weighted by Gasteiger charge is -2.25. The zero-order valence-electron chi connectivity index (χ0n) is 11.9. The molecule has 6 heteroatoms. The lowest BCUT2D eigenvalue weighted by Crippen LogP contribution is -2.55. The van der Waals surface area contributed by atoms with Crippen LogP contribution in [0.5, 0.6) is 0 Å². The van der Waals surface area contributed by atoms with Crippen molar-refractivity contribution >= 4 is 11.9 Å². The largest absolute Gasteiger partial charge is 0.479 e. The van der Waals surface area contributed by atoms with Crippen LogP contribution in [-0.2, 0) is 14.3 Å². The third-order valence-electron chi connectivity index (χ3n) is 3.73. The third-order valence-corrected chi connectivity index (χ3v) is 3.73. The summed E-state index contributed by atoms with van der Waals surface area (Å²) < 4.78 is 17.7. The van der Waals surface area contributed by atoms with E-state index >= 15 is 0 Å². The lowest BCUT2D eigenvalue weighted by atomic mass is 10.0. The number of halogens is 1. The molecule has 1 aromatic rings. The van der Waals surface area contributed by atoms with Crippen molar-refractivity contribution in [2.24, 2.45) is 5.92 Å². The summed E-state index contributed by atoms with van der Waals surface area (Å²) >= 11 is 0. The molecule has 2 rings (SSSR count). The van der Waals surface area contributed by atoms with E-state index in [1.807, 2.05) is 0 Å². The third kappa shape index (κ3) is 3.39. The van der Waals surface area contributed by atoms with Gasteiger partial charge in [0.25, 0.3) is 0 Å². The van der Waals surface area contributed by atoms with Crippen molar-refractivity contribution in [2.75, 3.05) is 13.7 Å². The van der Waals surface area contributed by atoms with Crippen LogP contribution in [0.2, 0.25) is 0 Å². The lowest BCUT2D eigenvalue weighted by molar-refractivity contribution is -0.149. The quantitative estimate of drug-likeness (QED) is 0.834. The van der Waals surface area contributed by atoms with Crippen LogP contribution in [0.15, 0.2) is 24.3 Å². The van der Waals surface area contributed by atoms with Crippen LogP contribution in [0.3, 0.4) is 0 Å². The second kappa shape index (κ2) is 5.81. The number of carbonyl (C=O) groups excluding carboxylic acids is 1. The van der Waals surface area contributed by atoms with Crippen LogP contribution in [0, 0.1) is 11.7 Å². The summed E-state index contributed by atoms with van der Waals surface area (Å²) in [6.07, 6.45) is 0.639. The van der Waals surface area contributed by atoms with Gasteiger partial charge >= 0.3 is 5.97 Å². The number of hydrogen-bond donors (Lipinski definition) is 2. The fraction of sp³-hybridized carbons (Fsp3) is 0.467. The van der Waals surface area contributed by atoms with Gasteiger partial charge in [-0.3, -0.25) is 4.79 Å². The van der Waals surface area contributed by atoms with Gasteiger partial charge in [0.05, 0.1) is 6.61 Å². The minimum atomic E-state index is -1.44. The Bertz CT molecular complexity index is 545. The van der Waals surface area contributed by atoms with Gasteiger partial charge in [-0.05, 0) is 37.0 Å². The van der Waals surface area contributed by atoms with Crippen molar-refractivity contribution in [3.8, 4) is 0 Å². The summed E-state index contributed by atoms with van der Waals surface area (Å²) in [5.41, 5.74) is -0.554. The van der Waals surface area contributed by atoms with E-state index < -0.39 is 11.5 Å². The number of ether oxygens (including phenoxy) is 1. The van der Waals surface area contributed by atoms with Gasteiger partial charge in [-0.25, -0.2) is 9.18 Å². The Morgan fingerprint density at radius 2 is 2.05 bits per heavy atom. The van der Waals surface area contributed by atoms with Crippen LogP contribution in [0.25, 0.3) is 0 Å². The number of nitrogens with one attached hydrogen (secondary N) is 1. The van der Waals surface area contributed by atoms with Crippen LogP contribution in [0.4, 0.5) is 4.39 Å². The number of benzene rings is 1. The first-order valence-corrected chi connectivity index (χ1v) is 6.67. The number of carboxylic acids is 1. The summed E-state index contributed by atoms with van der Waals surface area (Å²) in [6.45, 7) is 1.30. The molecule has 2 N–H and O–H groups in total. The molecule has 21 heavy (non-hydrogen) atoms. The highest BCUT2D eigenvalue weighted by molar-refractivity contribution is 5.89. The standard InChI is InChI=1S/C15H18FNO4/c1-15(8-21-2,14(19)20)17-13(18)12-7-11(12)9-3-5-10(16)6-4-9/h3-6,11-12H,7-8H2,1-2H3,(H,17,18)(H,19,20). The van der Waals surface area contributed by atoms with Gasteiger partial charge in [-0.15, -0.1) is 0 Å². The van der Waals surface area contributed by atoms with E-state index in [4.69, 9.17) is 4.74 Å². The maximum atomic E-state index is 12.9. The fourth-order valence-corrected chi connectivity index (χ4v) is 2.37. The molecule has 1 amide bonds. The average molecular weight is 295 g/mol. The first kappa shape index (κ1) is 15.4. The second-order valence-electron chi connectivity index (χ2n) is 5.56. The van der Waals surface area contributed by atoms with Crippen LogP contribution in [0.1, 0.15) is 24.8 Å². The number of rotatable bonds is 6. The first-order valence-electron chi connectivity index (χ1n) is 6.67. The molecule has 0 bridgehead atoms. The predicted molar refractivity (Wildman–Crippen MR) is 73.3 cm³/mol. The molecule has 1 aliphatic carbocycles. The highest BCUT2D eigenvalue weighted by Gasteiger charge is 2.47. The normalized spacial score (nSPS) is 23.2. The summed E-state index contributed by atoms with van der Waals surface area (Å²) in [5, 5.41) is 11.7. The second-order valence-corrected chi connectivity index (χ2v) is 5.56. The molecule has 1 saturated carbocycles. The molecule has 3 unspecified atom stereocenters. The van der Waals surface area contributed by atoms with Crippen molar-refractivity contribution in [1.82, 2.24) is 5.32 Å². The molecule has 1 aromatic carbocycles. The Kier molecular flexibility index (Phi) is 4.27. The Labute approximate surface area is 122 Å². The molecule has 0 saturated heterocycles. The SMILES string of the molecule is COCC(C)(NC(=O)C1CC1c1ccc(F)cc1)C(=O)O.